The van der Waals surface area contributed by atoms with Crippen molar-refractivity contribution >= 4 is 17.9 Å². The molecular weight excluding hydrogens is 322 g/mol. The van der Waals surface area contributed by atoms with E-state index in [1.54, 1.807) is 21.8 Å². The van der Waals surface area contributed by atoms with Crippen LogP contribution in [0.1, 0.15) is 12.8 Å². The number of aromatic nitrogens is 2. The zero-order valence-electron chi connectivity index (χ0n) is 14.0. The van der Waals surface area contributed by atoms with E-state index in [4.69, 9.17) is 4.74 Å². The lowest BCUT2D eigenvalue weighted by molar-refractivity contribution is 0.108. The van der Waals surface area contributed by atoms with Gasteiger partial charge in [-0.05, 0) is 25.0 Å². The molecule has 0 spiro atoms. The first-order chi connectivity index (χ1) is 12.2. The van der Waals surface area contributed by atoms with Crippen LogP contribution in [0.2, 0.25) is 0 Å². The Hall–Kier alpha value is -3.03. The van der Waals surface area contributed by atoms with E-state index in [0.717, 1.165) is 18.5 Å². The molecule has 2 N–H and O–H groups in total. The molecular formula is C17H21N5O3. The largest absolute Gasteiger partial charge is 0.453 e. The van der Waals surface area contributed by atoms with E-state index in [1.165, 1.54) is 7.11 Å². The van der Waals surface area contributed by atoms with Gasteiger partial charge in [-0.25, -0.2) is 14.3 Å². The molecule has 1 aliphatic heterocycles. The number of piperidine rings is 1. The molecule has 1 aliphatic rings. The van der Waals surface area contributed by atoms with Crippen molar-refractivity contribution < 1.29 is 14.3 Å². The Morgan fingerprint density at radius 2 is 2.04 bits per heavy atom. The number of hydrogen-bond acceptors (Lipinski definition) is 4. The maximum absolute atomic E-state index is 12.2. The Labute approximate surface area is 145 Å². The number of benzene rings is 1. The van der Waals surface area contributed by atoms with Crippen LogP contribution >= 0.6 is 0 Å². The standard InChI is InChI=1S/C17H21N5O3/c1-25-17(24)21-10-5-6-13(12-21)18-16(23)19-15-9-11-22(20-15)14-7-3-2-4-8-14/h2-4,7-9,11,13H,5-6,10,12H2,1H3,(H2,18,19,20,23)/t13-/m1/s1. The molecule has 2 aromatic rings. The predicted octanol–water partition coefficient (Wildman–Crippen LogP) is 2.22. The van der Waals surface area contributed by atoms with Crippen molar-refractivity contribution in [3.05, 3.63) is 42.6 Å². The summed E-state index contributed by atoms with van der Waals surface area (Å²) in [7, 11) is 1.36. The summed E-state index contributed by atoms with van der Waals surface area (Å²) in [6.07, 6.45) is 3.06. The summed E-state index contributed by atoms with van der Waals surface area (Å²) < 4.78 is 6.42. The van der Waals surface area contributed by atoms with Gasteiger partial charge in [-0.2, -0.15) is 0 Å². The fraction of sp³-hybridized carbons (Fsp3) is 0.353. The van der Waals surface area contributed by atoms with Crippen molar-refractivity contribution in [3.8, 4) is 5.69 Å². The molecule has 1 saturated heterocycles. The second-order valence-corrected chi connectivity index (χ2v) is 5.83. The Bertz CT molecular complexity index is 731. The Kier molecular flexibility index (Phi) is 5.17. The SMILES string of the molecule is COC(=O)N1CCC[C@@H](NC(=O)Nc2ccn(-c3ccccc3)n2)C1. The van der Waals surface area contributed by atoms with Crippen molar-refractivity contribution in [1.82, 2.24) is 20.0 Å². The lowest BCUT2D eigenvalue weighted by Crippen LogP contribution is -2.50. The number of ether oxygens (including phenoxy) is 1. The third-order valence-electron chi connectivity index (χ3n) is 4.04. The summed E-state index contributed by atoms with van der Waals surface area (Å²) in [5.41, 5.74) is 0.914. The third-order valence-corrected chi connectivity index (χ3v) is 4.04. The maximum atomic E-state index is 12.2. The molecule has 2 heterocycles. The smallest absolute Gasteiger partial charge is 0.409 e. The van der Waals surface area contributed by atoms with E-state index in [2.05, 4.69) is 15.7 Å². The van der Waals surface area contributed by atoms with Gasteiger partial charge in [-0.15, -0.1) is 5.10 Å². The number of urea groups is 1. The van der Waals surface area contributed by atoms with Gasteiger partial charge >= 0.3 is 12.1 Å². The van der Waals surface area contributed by atoms with Gasteiger partial charge in [0.25, 0.3) is 0 Å². The van der Waals surface area contributed by atoms with Crippen molar-refractivity contribution in [2.24, 2.45) is 0 Å². The van der Waals surface area contributed by atoms with Crippen LogP contribution in [-0.4, -0.2) is 53.0 Å². The molecule has 1 aromatic heterocycles. The van der Waals surface area contributed by atoms with Crippen LogP contribution in [0, 0.1) is 0 Å². The number of anilines is 1. The number of nitrogens with one attached hydrogen (secondary N) is 2. The zero-order chi connectivity index (χ0) is 17.6. The number of likely N-dealkylation sites (tertiary alicyclic amines) is 1. The van der Waals surface area contributed by atoms with Gasteiger partial charge in [0.15, 0.2) is 5.82 Å². The molecule has 8 heteroatoms. The van der Waals surface area contributed by atoms with E-state index < -0.39 is 0 Å². The molecule has 8 nitrogen and oxygen atoms in total. The van der Waals surface area contributed by atoms with Crippen LogP contribution in [0.15, 0.2) is 42.6 Å². The van der Waals surface area contributed by atoms with Crippen LogP contribution in [0.4, 0.5) is 15.4 Å². The quantitative estimate of drug-likeness (QED) is 0.894. The Morgan fingerprint density at radius 3 is 2.80 bits per heavy atom. The molecule has 1 fully saturated rings. The molecule has 0 radical (unpaired) electrons. The van der Waals surface area contributed by atoms with Gasteiger partial charge in [0.2, 0.25) is 0 Å². The summed E-state index contributed by atoms with van der Waals surface area (Å²) in [4.78, 5) is 25.4. The molecule has 0 unspecified atom stereocenters. The lowest BCUT2D eigenvalue weighted by atomic mass is 10.1. The van der Waals surface area contributed by atoms with Crippen LogP contribution in [-0.2, 0) is 4.74 Å². The molecule has 0 saturated carbocycles. The summed E-state index contributed by atoms with van der Waals surface area (Å²) >= 11 is 0. The first-order valence-electron chi connectivity index (χ1n) is 8.17. The van der Waals surface area contributed by atoms with Crippen molar-refractivity contribution in [2.45, 2.75) is 18.9 Å². The highest BCUT2D eigenvalue weighted by atomic mass is 16.5. The number of hydrogen-bond donors (Lipinski definition) is 2. The highest BCUT2D eigenvalue weighted by molar-refractivity contribution is 5.88. The Morgan fingerprint density at radius 1 is 1.24 bits per heavy atom. The maximum Gasteiger partial charge on any atom is 0.409 e. The van der Waals surface area contributed by atoms with Crippen LogP contribution in [0.5, 0.6) is 0 Å². The van der Waals surface area contributed by atoms with Gasteiger partial charge in [-0.3, -0.25) is 5.32 Å². The molecule has 3 rings (SSSR count). The van der Waals surface area contributed by atoms with Gasteiger partial charge in [0, 0.05) is 31.4 Å². The molecule has 1 atom stereocenters. The molecule has 1 aromatic carbocycles. The molecule has 0 bridgehead atoms. The second kappa shape index (κ2) is 7.69. The molecule has 25 heavy (non-hydrogen) atoms. The highest BCUT2D eigenvalue weighted by Gasteiger charge is 2.25. The number of amides is 3. The minimum absolute atomic E-state index is 0.107. The van der Waals surface area contributed by atoms with E-state index >= 15 is 0 Å². The van der Waals surface area contributed by atoms with Crippen molar-refractivity contribution in [2.75, 3.05) is 25.5 Å². The van der Waals surface area contributed by atoms with Gasteiger partial charge < -0.3 is 15.0 Å². The first-order valence-corrected chi connectivity index (χ1v) is 8.17. The van der Waals surface area contributed by atoms with Gasteiger partial charge in [-0.1, -0.05) is 18.2 Å². The van der Waals surface area contributed by atoms with E-state index in [0.29, 0.717) is 18.9 Å². The monoisotopic (exact) mass is 343 g/mol. The summed E-state index contributed by atoms with van der Waals surface area (Å²) in [6, 6.07) is 10.9. The van der Waals surface area contributed by atoms with E-state index in [-0.39, 0.29) is 18.2 Å². The number of para-hydroxylation sites is 1. The lowest BCUT2D eigenvalue weighted by Gasteiger charge is -2.31. The fourth-order valence-electron chi connectivity index (χ4n) is 2.84. The van der Waals surface area contributed by atoms with Crippen molar-refractivity contribution in [3.63, 3.8) is 0 Å². The molecule has 3 amide bonds. The van der Waals surface area contributed by atoms with E-state index in [1.807, 2.05) is 30.3 Å². The minimum Gasteiger partial charge on any atom is -0.453 e. The average Bonchev–Trinajstić information content (AvgIpc) is 3.10. The van der Waals surface area contributed by atoms with Gasteiger partial charge in [0.1, 0.15) is 0 Å². The fourth-order valence-corrected chi connectivity index (χ4v) is 2.84. The normalized spacial score (nSPS) is 17.0. The summed E-state index contributed by atoms with van der Waals surface area (Å²) in [5, 5.41) is 9.93. The third kappa shape index (κ3) is 4.28. The topological polar surface area (TPSA) is 88.5 Å². The first kappa shape index (κ1) is 16.8. The molecule has 132 valence electrons. The van der Waals surface area contributed by atoms with Gasteiger partial charge in [0.05, 0.1) is 12.8 Å². The highest BCUT2D eigenvalue weighted by Crippen LogP contribution is 2.12. The second-order valence-electron chi connectivity index (χ2n) is 5.83. The molecule has 0 aliphatic carbocycles. The number of rotatable bonds is 3. The minimum atomic E-state index is -0.367. The summed E-state index contributed by atoms with van der Waals surface area (Å²) in [6.45, 7) is 1.09. The summed E-state index contributed by atoms with van der Waals surface area (Å²) in [5.74, 6) is 0.460. The van der Waals surface area contributed by atoms with Crippen LogP contribution in [0.25, 0.3) is 5.69 Å². The van der Waals surface area contributed by atoms with Crippen molar-refractivity contribution in [1.29, 1.82) is 0 Å². The Balaban J connectivity index is 1.54. The predicted molar refractivity (Wildman–Crippen MR) is 92.7 cm³/mol. The van der Waals surface area contributed by atoms with Crippen LogP contribution in [0.3, 0.4) is 0 Å². The number of carbonyl (C=O) groups excluding carboxylic acids is 2. The number of methoxy groups -OCH3 is 1. The van der Waals surface area contributed by atoms with E-state index in [9.17, 15) is 9.59 Å². The average molecular weight is 343 g/mol. The zero-order valence-corrected chi connectivity index (χ0v) is 14.0. The number of nitrogens with zero attached hydrogens (tertiary/aromatic N) is 3. The number of carbonyl (C=O) groups is 2. The van der Waals surface area contributed by atoms with Crippen LogP contribution < -0.4 is 10.6 Å².